The molecular weight excluding hydrogens is 324 g/mol. The standard InChI is InChI=1S/C22H36N2S/c1-7-12-22(21-13-10-9-11-14-21)24(15-8-2)20(6)23-19(5)17-25-16-18(3)4/h9-14,18-19,23H,6-8,15-17H2,1-5H3/b22-12+. The zero-order valence-electron chi connectivity index (χ0n) is 16.7. The molecule has 0 spiro atoms. The monoisotopic (exact) mass is 360 g/mol. The highest BCUT2D eigenvalue weighted by Crippen LogP contribution is 2.23. The minimum atomic E-state index is 0.411. The van der Waals surface area contributed by atoms with Gasteiger partial charge >= 0.3 is 0 Å². The largest absolute Gasteiger partial charge is 0.369 e. The molecule has 0 aliphatic carbocycles. The van der Waals surface area contributed by atoms with E-state index >= 15 is 0 Å². The van der Waals surface area contributed by atoms with Crippen molar-refractivity contribution in [2.24, 2.45) is 5.92 Å². The number of rotatable bonds is 12. The number of hydrogen-bond donors (Lipinski definition) is 1. The van der Waals surface area contributed by atoms with E-state index in [2.05, 4.69) is 87.8 Å². The Labute approximate surface area is 159 Å². The molecule has 1 aromatic rings. The summed E-state index contributed by atoms with van der Waals surface area (Å²) in [4.78, 5) is 2.34. The van der Waals surface area contributed by atoms with E-state index in [1.165, 1.54) is 17.0 Å². The van der Waals surface area contributed by atoms with Gasteiger partial charge in [-0.25, -0.2) is 0 Å². The Bertz CT molecular complexity index is 522. The molecular formula is C22H36N2S. The molecule has 1 atom stereocenters. The van der Waals surface area contributed by atoms with Crippen LogP contribution in [0.25, 0.3) is 5.70 Å². The summed E-state index contributed by atoms with van der Waals surface area (Å²) in [6.07, 6.45) is 4.40. The lowest BCUT2D eigenvalue weighted by Crippen LogP contribution is -2.36. The normalized spacial score (nSPS) is 13.0. The van der Waals surface area contributed by atoms with Crippen molar-refractivity contribution in [2.45, 2.75) is 53.5 Å². The van der Waals surface area contributed by atoms with E-state index in [-0.39, 0.29) is 0 Å². The molecule has 0 fully saturated rings. The highest BCUT2D eigenvalue weighted by atomic mass is 32.2. The molecule has 0 aliphatic heterocycles. The summed E-state index contributed by atoms with van der Waals surface area (Å²) in [5.74, 6) is 4.06. The Morgan fingerprint density at radius 2 is 1.84 bits per heavy atom. The first kappa shape index (κ1) is 21.7. The van der Waals surface area contributed by atoms with Gasteiger partial charge in [-0.1, -0.05) is 70.7 Å². The topological polar surface area (TPSA) is 15.3 Å². The lowest BCUT2D eigenvalue weighted by Gasteiger charge is -2.32. The first-order valence-corrected chi connectivity index (χ1v) is 10.7. The van der Waals surface area contributed by atoms with Gasteiger partial charge in [0.15, 0.2) is 0 Å². The molecule has 0 saturated heterocycles. The summed E-state index contributed by atoms with van der Waals surface area (Å²) in [5.41, 5.74) is 2.51. The molecule has 1 N–H and O–H groups in total. The molecule has 0 bridgehead atoms. The maximum absolute atomic E-state index is 4.35. The molecule has 2 nitrogen and oxygen atoms in total. The van der Waals surface area contributed by atoms with Crippen molar-refractivity contribution in [1.29, 1.82) is 0 Å². The van der Waals surface area contributed by atoms with Gasteiger partial charge in [0.1, 0.15) is 0 Å². The number of nitrogens with zero attached hydrogens (tertiary/aromatic N) is 1. The van der Waals surface area contributed by atoms with Crippen LogP contribution in [0.15, 0.2) is 48.8 Å². The van der Waals surface area contributed by atoms with Crippen LogP contribution in [0.4, 0.5) is 0 Å². The van der Waals surface area contributed by atoms with Gasteiger partial charge in [0, 0.05) is 24.0 Å². The zero-order chi connectivity index (χ0) is 18.7. The van der Waals surface area contributed by atoms with Crippen LogP contribution in [0.2, 0.25) is 0 Å². The van der Waals surface area contributed by atoms with Crippen LogP contribution in [0.5, 0.6) is 0 Å². The number of nitrogens with one attached hydrogen (secondary N) is 1. The molecule has 0 saturated carbocycles. The molecule has 0 aromatic heterocycles. The van der Waals surface area contributed by atoms with Crippen LogP contribution in [-0.4, -0.2) is 29.0 Å². The van der Waals surface area contributed by atoms with Crippen molar-refractivity contribution in [3.8, 4) is 0 Å². The minimum absolute atomic E-state index is 0.411. The molecule has 0 aliphatic rings. The van der Waals surface area contributed by atoms with Crippen LogP contribution in [0, 0.1) is 5.92 Å². The molecule has 1 unspecified atom stereocenters. The maximum Gasteiger partial charge on any atom is 0.0986 e. The Balaban J connectivity index is 2.82. The molecule has 3 heteroatoms. The molecule has 0 heterocycles. The maximum atomic E-state index is 4.35. The predicted octanol–water partition coefficient (Wildman–Crippen LogP) is 5.99. The number of allylic oxidation sites excluding steroid dienone is 1. The number of hydrogen-bond acceptors (Lipinski definition) is 3. The second-order valence-electron chi connectivity index (χ2n) is 6.94. The summed E-state index contributed by atoms with van der Waals surface area (Å²) in [7, 11) is 0. The Morgan fingerprint density at radius 3 is 2.40 bits per heavy atom. The van der Waals surface area contributed by atoms with Crippen LogP contribution < -0.4 is 5.32 Å². The van der Waals surface area contributed by atoms with E-state index in [0.29, 0.717) is 6.04 Å². The fraction of sp³-hybridized carbons (Fsp3) is 0.545. The van der Waals surface area contributed by atoms with E-state index in [1.54, 1.807) is 0 Å². The summed E-state index contributed by atoms with van der Waals surface area (Å²) in [6, 6.07) is 11.0. The molecule has 1 rings (SSSR count). The van der Waals surface area contributed by atoms with Crippen LogP contribution in [-0.2, 0) is 0 Å². The average Bonchev–Trinajstić information content (AvgIpc) is 2.58. The fourth-order valence-corrected chi connectivity index (χ4v) is 3.74. The molecule has 25 heavy (non-hydrogen) atoms. The fourth-order valence-electron chi connectivity index (χ4n) is 2.70. The van der Waals surface area contributed by atoms with E-state index in [0.717, 1.165) is 36.9 Å². The van der Waals surface area contributed by atoms with Crippen molar-refractivity contribution in [3.05, 3.63) is 54.4 Å². The summed E-state index contributed by atoms with van der Waals surface area (Å²) >= 11 is 2.01. The Morgan fingerprint density at radius 1 is 1.16 bits per heavy atom. The quantitative estimate of drug-likeness (QED) is 0.493. The second kappa shape index (κ2) is 12.1. The average molecular weight is 361 g/mol. The molecule has 1 aromatic carbocycles. The highest BCUT2D eigenvalue weighted by Gasteiger charge is 2.15. The highest BCUT2D eigenvalue weighted by molar-refractivity contribution is 7.99. The van der Waals surface area contributed by atoms with E-state index in [1.807, 2.05) is 11.8 Å². The minimum Gasteiger partial charge on any atom is -0.369 e. The van der Waals surface area contributed by atoms with Crippen LogP contribution >= 0.6 is 11.8 Å². The number of thioether (sulfide) groups is 1. The van der Waals surface area contributed by atoms with Crippen molar-refractivity contribution in [3.63, 3.8) is 0 Å². The summed E-state index contributed by atoms with van der Waals surface area (Å²) in [6.45, 7) is 16.5. The summed E-state index contributed by atoms with van der Waals surface area (Å²) < 4.78 is 0. The third-order valence-electron chi connectivity index (χ3n) is 3.76. The van der Waals surface area contributed by atoms with Crippen molar-refractivity contribution < 1.29 is 0 Å². The van der Waals surface area contributed by atoms with E-state index in [4.69, 9.17) is 0 Å². The zero-order valence-corrected chi connectivity index (χ0v) is 17.5. The lowest BCUT2D eigenvalue weighted by molar-refractivity contribution is 0.429. The van der Waals surface area contributed by atoms with Gasteiger partial charge in [-0.3, -0.25) is 0 Å². The van der Waals surface area contributed by atoms with Gasteiger partial charge in [0.25, 0.3) is 0 Å². The van der Waals surface area contributed by atoms with E-state index in [9.17, 15) is 0 Å². The SMILES string of the molecule is C=C(NC(C)CSCC(C)C)N(CCC)/C(=C/CC)c1ccccc1. The van der Waals surface area contributed by atoms with Gasteiger partial charge in [-0.15, -0.1) is 0 Å². The van der Waals surface area contributed by atoms with Crippen molar-refractivity contribution in [1.82, 2.24) is 10.2 Å². The van der Waals surface area contributed by atoms with E-state index < -0.39 is 0 Å². The Kier molecular flexibility index (Phi) is 10.5. The van der Waals surface area contributed by atoms with Crippen molar-refractivity contribution in [2.75, 3.05) is 18.1 Å². The summed E-state index contributed by atoms with van der Waals surface area (Å²) in [5, 5.41) is 3.62. The third kappa shape index (κ3) is 8.04. The first-order chi connectivity index (χ1) is 12.0. The van der Waals surface area contributed by atoms with Gasteiger partial charge in [0.2, 0.25) is 0 Å². The molecule has 0 radical (unpaired) electrons. The van der Waals surface area contributed by atoms with Gasteiger partial charge in [-0.2, -0.15) is 11.8 Å². The van der Waals surface area contributed by atoms with Gasteiger partial charge in [-0.05, 0) is 37.0 Å². The number of benzene rings is 1. The van der Waals surface area contributed by atoms with Crippen LogP contribution in [0.3, 0.4) is 0 Å². The second-order valence-corrected chi connectivity index (χ2v) is 8.01. The third-order valence-corrected chi connectivity index (χ3v) is 5.40. The predicted molar refractivity (Wildman–Crippen MR) is 116 cm³/mol. The smallest absolute Gasteiger partial charge is 0.0986 e. The molecule has 140 valence electrons. The lowest BCUT2D eigenvalue weighted by atomic mass is 10.1. The van der Waals surface area contributed by atoms with Gasteiger partial charge < -0.3 is 10.2 Å². The van der Waals surface area contributed by atoms with Gasteiger partial charge in [0.05, 0.1) is 5.82 Å². The molecule has 0 amide bonds. The Hall–Kier alpha value is -1.35. The van der Waals surface area contributed by atoms with Crippen LogP contribution in [0.1, 0.15) is 53.0 Å². The van der Waals surface area contributed by atoms with Crippen molar-refractivity contribution >= 4 is 17.5 Å². The first-order valence-electron chi connectivity index (χ1n) is 9.55.